The van der Waals surface area contributed by atoms with Crippen molar-refractivity contribution in [3.05, 3.63) is 30.5 Å². The van der Waals surface area contributed by atoms with Gasteiger partial charge in [0, 0.05) is 6.54 Å². The van der Waals surface area contributed by atoms with E-state index in [-0.39, 0.29) is 22.5 Å². The molecule has 2 N–H and O–H groups in total. The highest BCUT2D eigenvalue weighted by Gasteiger charge is 2.31. The van der Waals surface area contributed by atoms with Gasteiger partial charge in [0.2, 0.25) is 5.88 Å². The Hall–Kier alpha value is -2.80. The quantitative estimate of drug-likeness (QED) is 0.503. The predicted molar refractivity (Wildman–Crippen MR) is 101 cm³/mol. The number of alkyl halides is 3. The van der Waals surface area contributed by atoms with Gasteiger partial charge in [-0.3, -0.25) is 4.72 Å². The molecule has 0 fully saturated rings. The summed E-state index contributed by atoms with van der Waals surface area (Å²) in [7, 11) is -2.86. The van der Waals surface area contributed by atoms with Crippen molar-refractivity contribution in [2.24, 2.45) is 0 Å². The SMILES string of the molecule is CCCNCCOc1ncc(NS(=O)(=O)c2ccc(OC(F)(F)F)cc2)c(OC)n1. The smallest absolute Gasteiger partial charge is 0.479 e. The van der Waals surface area contributed by atoms with Gasteiger partial charge in [-0.15, -0.1) is 13.2 Å². The van der Waals surface area contributed by atoms with Crippen LogP contribution in [0.4, 0.5) is 18.9 Å². The summed E-state index contributed by atoms with van der Waals surface area (Å²) in [5.74, 6) is -0.626. The minimum absolute atomic E-state index is 0.00162. The van der Waals surface area contributed by atoms with Crippen molar-refractivity contribution in [1.29, 1.82) is 0 Å². The highest BCUT2D eigenvalue weighted by Crippen LogP contribution is 2.27. The Bertz CT molecular complexity index is 924. The molecule has 0 aliphatic rings. The van der Waals surface area contributed by atoms with E-state index in [1.807, 2.05) is 6.92 Å². The third-order valence-electron chi connectivity index (χ3n) is 3.47. The van der Waals surface area contributed by atoms with E-state index in [1.165, 1.54) is 13.3 Å². The summed E-state index contributed by atoms with van der Waals surface area (Å²) in [4.78, 5) is 7.62. The van der Waals surface area contributed by atoms with Crippen LogP contribution in [0.5, 0.6) is 17.6 Å². The molecule has 0 saturated heterocycles. The number of sulfonamides is 1. The van der Waals surface area contributed by atoms with Gasteiger partial charge < -0.3 is 19.5 Å². The fraction of sp³-hybridized carbons (Fsp3) is 0.412. The molecule has 0 unspecified atom stereocenters. The van der Waals surface area contributed by atoms with Crippen LogP contribution in [-0.4, -0.2) is 51.6 Å². The van der Waals surface area contributed by atoms with Crippen LogP contribution in [0.25, 0.3) is 0 Å². The maximum Gasteiger partial charge on any atom is 0.573 e. The number of halogens is 3. The molecule has 9 nitrogen and oxygen atoms in total. The first-order valence-electron chi connectivity index (χ1n) is 8.78. The Kier molecular flexibility index (Phi) is 8.06. The summed E-state index contributed by atoms with van der Waals surface area (Å²) < 4.78 is 78.0. The number of ether oxygens (including phenoxy) is 3. The topological polar surface area (TPSA) is 112 Å². The van der Waals surface area contributed by atoms with Crippen LogP contribution < -0.4 is 24.2 Å². The van der Waals surface area contributed by atoms with Gasteiger partial charge in [-0.1, -0.05) is 6.92 Å². The summed E-state index contributed by atoms with van der Waals surface area (Å²) in [5, 5.41) is 3.14. The molecule has 0 saturated carbocycles. The number of hydrogen-bond acceptors (Lipinski definition) is 8. The van der Waals surface area contributed by atoms with Gasteiger partial charge in [0.15, 0.2) is 0 Å². The molecule has 0 radical (unpaired) electrons. The standard InChI is InChI=1S/C17H21F3N4O5S/c1-3-8-21-9-10-28-16-22-11-14(15(23-16)27-2)24-30(25,26)13-6-4-12(5-7-13)29-17(18,19)20/h4-7,11,21,24H,3,8-10H2,1-2H3. The summed E-state index contributed by atoms with van der Waals surface area (Å²) >= 11 is 0. The number of nitrogens with one attached hydrogen (secondary N) is 2. The monoisotopic (exact) mass is 450 g/mol. The first-order chi connectivity index (χ1) is 14.1. The lowest BCUT2D eigenvalue weighted by atomic mass is 10.3. The maximum atomic E-state index is 12.5. The second kappa shape index (κ2) is 10.3. The van der Waals surface area contributed by atoms with Crippen molar-refractivity contribution in [1.82, 2.24) is 15.3 Å². The summed E-state index contributed by atoms with van der Waals surface area (Å²) in [5.41, 5.74) is -0.0652. The van der Waals surface area contributed by atoms with Crippen LogP contribution in [0, 0.1) is 0 Å². The Balaban J connectivity index is 2.08. The lowest BCUT2D eigenvalue weighted by Gasteiger charge is -2.13. The largest absolute Gasteiger partial charge is 0.573 e. The lowest BCUT2D eigenvalue weighted by Crippen LogP contribution is -2.22. The maximum absolute atomic E-state index is 12.5. The van der Waals surface area contributed by atoms with E-state index in [9.17, 15) is 21.6 Å². The molecular formula is C17H21F3N4O5S. The molecule has 0 aliphatic heterocycles. The van der Waals surface area contributed by atoms with Crippen molar-refractivity contribution >= 4 is 15.7 Å². The molecule has 0 spiro atoms. The van der Waals surface area contributed by atoms with Gasteiger partial charge in [-0.05, 0) is 37.2 Å². The zero-order valence-electron chi connectivity index (χ0n) is 16.2. The number of rotatable bonds is 11. The van der Waals surface area contributed by atoms with Crippen LogP contribution in [0.3, 0.4) is 0 Å². The molecule has 1 aromatic carbocycles. The zero-order valence-corrected chi connectivity index (χ0v) is 17.0. The number of aromatic nitrogens is 2. The van der Waals surface area contributed by atoms with Crippen LogP contribution in [0.15, 0.2) is 35.4 Å². The Morgan fingerprint density at radius 2 is 1.83 bits per heavy atom. The normalized spacial score (nSPS) is 11.8. The molecule has 166 valence electrons. The highest BCUT2D eigenvalue weighted by atomic mass is 32.2. The van der Waals surface area contributed by atoms with E-state index in [2.05, 4.69) is 24.7 Å². The average Bonchev–Trinajstić information content (AvgIpc) is 2.67. The number of anilines is 1. The van der Waals surface area contributed by atoms with Gasteiger partial charge >= 0.3 is 12.4 Å². The molecule has 2 rings (SSSR count). The molecule has 0 amide bonds. The van der Waals surface area contributed by atoms with Crippen molar-refractivity contribution in [2.75, 3.05) is 31.5 Å². The molecule has 0 atom stereocenters. The fourth-order valence-electron chi connectivity index (χ4n) is 2.19. The second-order valence-electron chi connectivity index (χ2n) is 5.80. The number of methoxy groups -OCH3 is 1. The molecule has 0 bridgehead atoms. The number of nitrogens with zero attached hydrogens (tertiary/aromatic N) is 2. The first-order valence-corrected chi connectivity index (χ1v) is 10.3. The first kappa shape index (κ1) is 23.5. The van der Waals surface area contributed by atoms with Crippen LogP contribution in [0.1, 0.15) is 13.3 Å². The average molecular weight is 450 g/mol. The van der Waals surface area contributed by atoms with E-state index >= 15 is 0 Å². The molecule has 2 aromatic rings. The van der Waals surface area contributed by atoms with Gasteiger partial charge in [-0.2, -0.15) is 4.98 Å². The Labute approximate surface area is 171 Å². The van der Waals surface area contributed by atoms with E-state index in [4.69, 9.17) is 9.47 Å². The van der Waals surface area contributed by atoms with E-state index in [0.29, 0.717) is 13.2 Å². The van der Waals surface area contributed by atoms with Crippen LogP contribution >= 0.6 is 0 Å². The van der Waals surface area contributed by atoms with Crippen molar-refractivity contribution < 1.29 is 35.8 Å². The number of hydrogen-bond donors (Lipinski definition) is 2. The minimum atomic E-state index is -4.88. The highest BCUT2D eigenvalue weighted by molar-refractivity contribution is 7.92. The van der Waals surface area contributed by atoms with Crippen LogP contribution in [0.2, 0.25) is 0 Å². The molecule has 0 aliphatic carbocycles. The molecule has 30 heavy (non-hydrogen) atoms. The second-order valence-corrected chi connectivity index (χ2v) is 7.48. The third kappa shape index (κ3) is 7.22. The van der Waals surface area contributed by atoms with E-state index < -0.39 is 22.1 Å². The third-order valence-corrected chi connectivity index (χ3v) is 4.86. The Morgan fingerprint density at radius 1 is 1.13 bits per heavy atom. The minimum Gasteiger partial charge on any atom is -0.479 e. The predicted octanol–water partition coefficient (Wildman–Crippen LogP) is 2.56. The van der Waals surface area contributed by atoms with E-state index in [0.717, 1.165) is 37.2 Å². The van der Waals surface area contributed by atoms with Gasteiger partial charge in [0.05, 0.1) is 18.2 Å². The lowest BCUT2D eigenvalue weighted by molar-refractivity contribution is -0.274. The summed E-state index contributed by atoms with van der Waals surface area (Å²) in [6.07, 6.45) is -2.73. The van der Waals surface area contributed by atoms with Crippen molar-refractivity contribution in [3.8, 4) is 17.6 Å². The zero-order chi connectivity index (χ0) is 22.2. The van der Waals surface area contributed by atoms with Gasteiger partial charge in [0.25, 0.3) is 10.0 Å². The molecule has 1 aromatic heterocycles. The van der Waals surface area contributed by atoms with Crippen molar-refractivity contribution in [2.45, 2.75) is 24.6 Å². The van der Waals surface area contributed by atoms with E-state index in [1.54, 1.807) is 0 Å². The summed E-state index contributed by atoms with van der Waals surface area (Å²) in [6.45, 7) is 3.77. The fourth-order valence-corrected chi connectivity index (χ4v) is 3.23. The van der Waals surface area contributed by atoms with Crippen LogP contribution in [-0.2, 0) is 10.0 Å². The molecular weight excluding hydrogens is 429 g/mol. The Morgan fingerprint density at radius 3 is 2.43 bits per heavy atom. The van der Waals surface area contributed by atoms with Gasteiger partial charge in [-0.25, -0.2) is 13.4 Å². The van der Waals surface area contributed by atoms with Crippen molar-refractivity contribution in [3.63, 3.8) is 0 Å². The molecule has 13 heteroatoms. The summed E-state index contributed by atoms with van der Waals surface area (Å²) in [6, 6.07) is 3.72. The van der Waals surface area contributed by atoms with Gasteiger partial charge in [0.1, 0.15) is 18.0 Å². The number of benzene rings is 1. The molecule has 1 heterocycles.